The first-order valence-electron chi connectivity index (χ1n) is 14.2. The van der Waals surface area contributed by atoms with Crippen LogP contribution in [0.5, 0.6) is 0 Å². The van der Waals surface area contributed by atoms with Crippen LogP contribution in [0, 0.1) is 0 Å². The number of likely N-dealkylation sites (tertiary alicyclic amines) is 1. The van der Waals surface area contributed by atoms with Gasteiger partial charge < -0.3 is 26.2 Å². The van der Waals surface area contributed by atoms with E-state index in [9.17, 15) is 14.4 Å². The molecule has 0 saturated carbocycles. The normalized spacial score (nSPS) is 15.2. The second-order valence-electron chi connectivity index (χ2n) is 10.1. The van der Waals surface area contributed by atoms with Gasteiger partial charge in [-0.25, -0.2) is 0 Å². The Bertz CT molecular complexity index is 957. The summed E-state index contributed by atoms with van der Waals surface area (Å²) in [6, 6.07) is 20.8. The highest BCUT2D eigenvalue weighted by Crippen LogP contribution is 2.17. The second kappa shape index (κ2) is 18.9. The molecule has 8 nitrogen and oxygen atoms in total. The third-order valence-corrected chi connectivity index (χ3v) is 6.91. The molecule has 4 N–H and O–H groups in total. The third-order valence-electron chi connectivity index (χ3n) is 6.91. The molecule has 1 heterocycles. The maximum atomic E-state index is 12.9. The molecule has 39 heavy (non-hydrogen) atoms. The fraction of sp³-hybridized carbons (Fsp3) is 0.516. The van der Waals surface area contributed by atoms with Crippen molar-refractivity contribution in [3.05, 3.63) is 71.8 Å². The first-order valence-corrected chi connectivity index (χ1v) is 14.2. The Morgan fingerprint density at radius 1 is 1.08 bits per heavy atom. The Morgan fingerprint density at radius 2 is 1.72 bits per heavy atom. The first kappa shape index (κ1) is 32.0. The summed E-state index contributed by atoms with van der Waals surface area (Å²) in [5, 5.41) is 5.65. The van der Waals surface area contributed by atoms with Gasteiger partial charge >= 0.3 is 0 Å². The fourth-order valence-corrected chi connectivity index (χ4v) is 4.71. The van der Waals surface area contributed by atoms with Gasteiger partial charge in [-0.1, -0.05) is 60.7 Å². The Morgan fingerprint density at radius 3 is 2.31 bits per heavy atom. The fourth-order valence-electron chi connectivity index (χ4n) is 4.71. The van der Waals surface area contributed by atoms with Gasteiger partial charge in [0.05, 0.1) is 6.54 Å². The number of hydrogen-bond donors (Lipinski definition) is 3. The lowest BCUT2D eigenvalue weighted by Crippen LogP contribution is -2.43. The average Bonchev–Trinajstić information content (AvgIpc) is 3.41. The summed E-state index contributed by atoms with van der Waals surface area (Å²) in [6.45, 7) is 5.20. The van der Waals surface area contributed by atoms with E-state index < -0.39 is 0 Å². The van der Waals surface area contributed by atoms with Crippen LogP contribution in [0.15, 0.2) is 60.7 Å². The quantitative estimate of drug-likeness (QED) is 0.303. The van der Waals surface area contributed by atoms with E-state index in [0.29, 0.717) is 32.6 Å². The summed E-state index contributed by atoms with van der Waals surface area (Å²) in [6.07, 6.45) is 6.94. The molecule has 0 aromatic heterocycles. The Labute approximate surface area is 234 Å². The van der Waals surface area contributed by atoms with E-state index in [0.717, 1.165) is 51.5 Å². The number of rotatable bonds is 15. The highest BCUT2D eigenvalue weighted by molar-refractivity contribution is 5.78. The van der Waals surface area contributed by atoms with Gasteiger partial charge in [0, 0.05) is 38.1 Å². The summed E-state index contributed by atoms with van der Waals surface area (Å²) >= 11 is 0. The first-order chi connectivity index (χ1) is 19.0. The zero-order valence-electron chi connectivity index (χ0n) is 23.7. The second-order valence-corrected chi connectivity index (χ2v) is 10.1. The molecule has 8 heteroatoms. The summed E-state index contributed by atoms with van der Waals surface area (Å²) in [4.78, 5) is 39.0. The number of nitrogens with two attached hydrogens (primary N) is 1. The van der Waals surface area contributed by atoms with Crippen LogP contribution in [-0.2, 0) is 27.2 Å². The smallest absolute Gasteiger partial charge is 0.234 e. The number of aryl methyl sites for hydroxylation is 1. The van der Waals surface area contributed by atoms with E-state index in [2.05, 4.69) is 34.9 Å². The molecule has 2 unspecified atom stereocenters. The van der Waals surface area contributed by atoms with Gasteiger partial charge in [-0.05, 0) is 70.2 Å². The minimum atomic E-state index is 0.0435. The van der Waals surface area contributed by atoms with Gasteiger partial charge in [0.1, 0.15) is 0 Å². The average molecular weight is 538 g/mol. The minimum Gasteiger partial charge on any atom is -0.353 e. The van der Waals surface area contributed by atoms with Gasteiger partial charge in [-0.2, -0.15) is 0 Å². The van der Waals surface area contributed by atoms with Gasteiger partial charge in [0.2, 0.25) is 18.2 Å². The van der Waals surface area contributed by atoms with Gasteiger partial charge in [-0.15, -0.1) is 0 Å². The van der Waals surface area contributed by atoms with Crippen LogP contribution in [0.2, 0.25) is 0 Å². The van der Waals surface area contributed by atoms with E-state index in [4.69, 9.17) is 5.73 Å². The van der Waals surface area contributed by atoms with E-state index in [1.807, 2.05) is 53.1 Å². The SMILES string of the molecule is CNCC(=O)NC(C)CCCN.O=CN1CCCC1CN(CCc1ccccc1)C(=O)CCc1ccccc1. The van der Waals surface area contributed by atoms with Crippen LogP contribution in [0.4, 0.5) is 0 Å². The number of hydrogen-bond acceptors (Lipinski definition) is 5. The summed E-state index contributed by atoms with van der Waals surface area (Å²) in [7, 11) is 1.75. The number of nitrogens with one attached hydrogen (secondary N) is 2. The molecular formula is C31H47N5O3. The predicted octanol–water partition coefficient (Wildman–Crippen LogP) is 2.76. The standard InChI is InChI=1S/C23H28N2O2.C8H19N3O/c26-19-25-16-7-12-22(25)18-24(17-15-21-10-5-2-6-11-21)23(27)14-13-20-8-3-1-4-9-20;1-7(4-3-5-9)11-8(12)6-10-2/h1-6,8-11,19,22H,7,12-18H2;7,10H,3-6,9H2,1-2H3,(H,11,12). The molecule has 0 spiro atoms. The monoisotopic (exact) mass is 537 g/mol. The molecule has 1 aliphatic rings. The summed E-state index contributed by atoms with van der Waals surface area (Å²) in [5.74, 6) is 0.217. The Hall–Kier alpha value is -3.23. The maximum absolute atomic E-state index is 12.9. The topological polar surface area (TPSA) is 108 Å². The molecule has 2 aromatic carbocycles. The van der Waals surface area contributed by atoms with Gasteiger partial charge in [0.15, 0.2) is 0 Å². The molecule has 0 aliphatic carbocycles. The van der Waals surface area contributed by atoms with Crippen LogP contribution >= 0.6 is 0 Å². The lowest BCUT2D eigenvalue weighted by atomic mass is 10.1. The largest absolute Gasteiger partial charge is 0.353 e. The van der Waals surface area contributed by atoms with Gasteiger partial charge in [-0.3, -0.25) is 14.4 Å². The van der Waals surface area contributed by atoms with Crippen molar-refractivity contribution in [2.24, 2.45) is 5.73 Å². The molecule has 0 bridgehead atoms. The van der Waals surface area contributed by atoms with Crippen LogP contribution in [0.1, 0.15) is 50.2 Å². The molecule has 2 aromatic rings. The number of benzene rings is 2. The Balaban J connectivity index is 0.000000377. The van der Waals surface area contributed by atoms with Crippen molar-refractivity contribution in [1.82, 2.24) is 20.4 Å². The van der Waals surface area contributed by atoms with E-state index >= 15 is 0 Å². The molecule has 2 atom stereocenters. The summed E-state index contributed by atoms with van der Waals surface area (Å²) < 4.78 is 0. The zero-order chi connectivity index (χ0) is 28.3. The number of carbonyl (C=O) groups excluding carboxylic acids is 3. The number of carbonyl (C=O) groups is 3. The van der Waals surface area contributed by atoms with E-state index in [1.54, 1.807) is 7.05 Å². The van der Waals surface area contributed by atoms with E-state index in [-0.39, 0.29) is 23.9 Å². The Kier molecular flexibility index (Phi) is 15.5. The van der Waals surface area contributed by atoms with Crippen LogP contribution in [0.25, 0.3) is 0 Å². The van der Waals surface area contributed by atoms with Crippen LogP contribution in [-0.4, -0.2) is 79.9 Å². The van der Waals surface area contributed by atoms with Crippen molar-refractivity contribution in [3.63, 3.8) is 0 Å². The molecule has 0 radical (unpaired) electrons. The third kappa shape index (κ3) is 12.9. The van der Waals surface area contributed by atoms with Crippen molar-refractivity contribution in [1.29, 1.82) is 0 Å². The molecule has 1 saturated heterocycles. The maximum Gasteiger partial charge on any atom is 0.234 e. The summed E-state index contributed by atoms with van der Waals surface area (Å²) in [5.41, 5.74) is 7.76. The zero-order valence-corrected chi connectivity index (χ0v) is 23.7. The van der Waals surface area contributed by atoms with Crippen molar-refractivity contribution in [2.75, 3.05) is 39.8 Å². The van der Waals surface area contributed by atoms with E-state index in [1.165, 1.54) is 11.1 Å². The molecular weight excluding hydrogens is 490 g/mol. The van der Waals surface area contributed by atoms with Crippen LogP contribution in [0.3, 0.4) is 0 Å². The molecule has 214 valence electrons. The van der Waals surface area contributed by atoms with Crippen molar-refractivity contribution >= 4 is 18.2 Å². The predicted molar refractivity (Wildman–Crippen MR) is 157 cm³/mol. The number of amides is 3. The lowest BCUT2D eigenvalue weighted by molar-refractivity contribution is -0.133. The van der Waals surface area contributed by atoms with Crippen molar-refractivity contribution in [3.8, 4) is 0 Å². The van der Waals surface area contributed by atoms with Gasteiger partial charge in [0.25, 0.3) is 0 Å². The molecule has 3 amide bonds. The van der Waals surface area contributed by atoms with Crippen molar-refractivity contribution < 1.29 is 14.4 Å². The lowest BCUT2D eigenvalue weighted by Gasteiger charge is -2.29. The number of nitrogens with zero attached hydrogens (tertiary/aromatic N) is 2. The molecule has 1 aliphatic heterocycles. The molecule has 1 fully saturated rings. The van der Waals surface area contributed by atoms with Crippen LogP contribution < -0.4 is 16.4 Å². The minimum absolute atomic E-state index is 0.0435. The number of likely N-dealkylation sites (N-methyl/N-ethyl adjacent to an activating group) is 1. The van der Waals surface area contributed by atoms with Crippen molar-refractivity contribution in [2.45, 2.75) is 64.0 Å². The highest BCUT2D eigenvalue weighted by atomic mass is 16.2. The highest BCUT2D eigenvalue weighted by Gasteiger charge is 2.27. The molecule has 3 rings (SSSR count).